The molecule has 0 saturated carbocycles. The summed E-state index contributed by atoms with van der Waals surface area (Å²) in [5.74, 6) is 0.946. The lowest BCUT2D eigenvalue weighted by Gasteiger charge is -2.33. The molecule has 0 saturated heterocycles. The first-order chi connectivity index (χ1) is 12.4. The van der Waals surface area contributed by atoms with Crippen LogP contribution in [0, 0.1) is 5.92 Å². The fourth-order valence-electron chi connectivity index (χ4n) is 4.37. The Hall–Kier alpha value is -2.54. The second-order valence-electron chi connectivity index (χ2n) is 6.94. The van der Waals surface area contributed by atoms with Crippen molar-refractivity contribution in [1.82, 2.24) is 4.40 Å². The third-order valence-electron chi connectivity index (χ3n) is 5.47. The highest BCUT2D eigenvalue weighted by atomic mass is 14.8. The van der Waals surface area contributed by atoms with Crippen LogP contribution in [0.15, 0.2) is 96.9 Å². The lowest BCUT2D eigenvalue weighted by Crippen LogP contribution is -2.20. The van der Waals surface area contributed by atoms with Gasteiger partial charge in [0.25, 0.3) is 0 Å². The molecular formula is C24H25N. The second kappa shape index (κ2) is 7.14. The van der Waals surface area contributed by atoms with Crippen LogP contribution in [0.4, 0.5) is 0 Å². The minimum absolute atomic E-state index is 0.430. The molecule has 1 heteroatoms. The summed E-state index contributed by atoms with van der Waals surface area (Å²) in [6, 6.07) is 8.90. The molecule has 1 nitrogen and oxygen atoms in total. The van der Waals surface area contributed by atoms with Crippen LogP contribution in [0.25, 0.3) is 5.52 Å². The lowest BCUT2D eigenvalue weighted by molar-refractivity contribution is 0.487. The van der Waals surface area contributed by atoms with Crippen molar-refractivity contribution in [3.63, 3.8) is 0 Å². The number of hydrogen-bond donors (Lipinski definition) is 0. The van der Waals surface area contributed by atoms with E-state index in [2.05, 4.69) is 84.1 Å². The molecule has 2 aliphatic carbocycles. The second-order valence-corrected chi connectivity index (χ2v) is 6.94. The van der Waals surface area contributed by atoms with Gasteiger partial charge in [0.05, 0.1) is 0 Å². The Kier molecular flexibility index (Phi) is 4.56. The number of hydrogen-bond acceptors (Lipinski definition) is 0. The number of fused-ring (bicyclic) bond motifs is 1. The van der Waals surface area contributed by atoms with Crippen LogP contribution >= 0.6 is 0 Å². The quantitative estimate of drug-likeness (QED) is 0.614. The zero-order chi connectivity index (χ0) is 17.1. The van der Waals surface area contributed by atoms with Crippen molar-refractivity contribution < 1.29 is 0 Å². The molecule has 0 amide bonds. The van der Waals surface area contributed by atoms with Gasteiger partial charge >= 0.3 is 0 Å². The maximum absolute atomic E-state index is 3.94. The summed E-state index contributed by atoms with van der Waals surface area (Å²) in [7, 11) is 0. The van der Waals surface area contributed by atoms with Gasteiger partial charge in [0.2, 0.25) is 0 Å². The third kappa shape index (κ3) is 3.07. The Morgan fingerprint density at radius 2 is 2.00 bits per heavy atom. The summed E-state index contributed by atoms with van der Waals surface area (Å²) in [6.45, 7) is 3.94. The molecule has 4 rings (SSSR count). The minimum atomic E-state index is 0.430. The van der Waals surface area contributed by atoms with Crippen LogP contribution in [0.5, 0.6) is 0 Å². The maximum atomic E-state index is 3.94. The molecule has 2 aromatic heterocycles. The fourth-order valence-corrected chi connectivity index (χ4v) is 4.37. The van der Waals surface area contributed by atoms with E-state index in [1.807, 2.05) is 6.08 Å². The first-order valence-electron chi connectivity index (χ1n) is 9.29. The standard InChI is InChI=1S/C24H25N/c1-2-10-19-11-6-7-14-21(19)24(20-12-4-3-5-13-20)22-15-8-17-25-18-9-16-23(22)25/h2-4,6,8-12,15-18,21,24H,1,5,7,13-14H2/b19-10-. The molecule has 0 aromatic carbocycles. The number of pyridine rings is 1. The van der Waals surface area contributed by atoms with Gasteiger partial charge in [-0.15, -0.1) is 0 Å². The molecule has 2 aliphatic rings. The van der Waals surface area contributed by atoms with E-state index < -0.39 is 0 Å². The molecule has 0 radical (unpaired) electrons. The summed E-state index contributed by atoms with van der Waals surface area (Å²) in [5, 5.41) is 0. The van der Waals surface area contributed by atoms with Crippen LogP contribution in [0.2, 0.25) is 0 Å². The molecule has 2 heterocycles. The average molecular weight is 327 g/mol. The van der Waals surface area contributed by atoms with E-state index in [1.165, 1.54) is 23.1 Å². The Labute approximate surface area is 150 Å². The third-order valence-corrected chi connectivity index (χ3v) is 5.47. The van der Waals surface area contributed by atoms with Crippen molar-refractivity contribution in [3.8, 4) is 0 Å². The predicted molar refractivity (Wildman–Crippen MR) is 107 cm³/mol. The molecule has 0 bridgehead atoms. The van der Waals surface area contributed by atoms with E-state index in [4.69, 9.17) is 0 Å². The Bertz CT molecular complexity index is 888. The first-order valence-corrected chi connectivity index (χ1v) is 9.29. The summed E-state index contributed by atoms with van der Waals surface area (Å²) >= 11 is 0. The average Bonchev–Trinajstić information content (AvgIpc) is 3.14. The van der Waals surface area contributed by atoms with Crippen molar-refractivity contribution in [2.24, 2.45) is 5.92 Å². The minimum Gasteiger partial charge on any atom is -0.324 e. The summed E-state index contributed by atoms with van der Waals surface area (Å²) in [6.07, 6.45) is 24.6. The van der Waals surface area contributed by atoms with Crippen molar-refractivity contribution in [1.29, 1.82) is 0 Å². The molecule has 0 fully saturated rings. The molecule has 2 aromatic rings. The van der Waals surface area contributed by atoms with Crippen molar-refractivity contribution in [2.45, 2.75) is 31.6 Å². The SMILES string of the molecule is C=C/C=C1/C=CCCC1C(C1=CC=CCC1)c1cccn2cccc12. The van der Waals surface area contributed by atoms with Gasteiger partial charge in [-0.1, -0.05) is 60.8 Å². The molecule has 2 unspecified atom stereocenters. The predicted octanol–water partition coefficient (Wildman–Crippen LogP) is 6.38. The Morgan fingerprint density at radius 1 is 1.12 bits per heavy atom. The molecule has 25 heavy (non-hydrogen) atoms. The smallest absolute Gasteiger partial charge is 0.0488 e. The van der Waals surface area contributed by atoms with E-state index >= 15 is 0 Å². The number of allylic oxidation sites excluding steroid dienone is 9. The highest BCUT2D eigenvalue weighted by molar-refractivity contribution is 5.60. The molecule has 0 N–H and O–H groups in total. The van der Waals surface area contributed by atoms with Gasteiger partial charge in [-0.25, -0.2) is 0 Å². The first kappa shape index (κ1) is 16.0. The number of aromatic nitrogens is 1. The lowest BCUT2D eigenvalue weighted by atomic mass is 9.71. The van der Waals surface area contributed by atoms with Gasteiger partial charge in [0, 0.05) is 23.8 Å². The van der Waals surface area contributed by atoms with Gasteiger partial charge in [-0.2, -0.15) is 0 Å². The molecule has 2 atom stereocenters. The van der Waals surface area contributed by atoms with Crippen LogP contribution in [0.3, 0.4) is 0 Å². The highest BCUT2D eigenvalue weighted by Crippen LogP contribution is 2.44. The fraction of sp³-hybridized carbons (Fsp3) is 0.250. The summed E-state index contributed by atoms with van der Waals surface area (Å²) in [4.78, 5) is 0. The van der Waals surface area contributed by atoms with Gasteiger partial charge in [0.15, 0.2) is 0 Å². The molecule has 0 aliphatic heterocycles. The Balaban J connectivity index is 1.88. The van der Waals surface area contributed by atoms with Gasteiger partial charge < -0.3 is 4.40 Å². The zero-order valence-electron chi connectivity index (χ0n) is 14.6. The molecular weight excluding hydrogens is 302 g/mol. The van der Waals surface area contributed by atoms with Crippen LogP contribution in [0.1, 0.15) is 37.2 Å². The number of nitrogens with zero attached hydrogens (tertiary/aromatic N) is 1. The summed E-state index contributed by atoms with van der Waals surface area (Å²) in [5.41, 5.74) is 5.75. The summed E-state index contributed by atoms with van der Waals surface area (Å²) < 4.78 is 2.25. The van der Waals surface area contributed by atoms with Gasteiger partial charge in [-0.3, -0.25) is 0 Å². The van der Waals surface area contributed by atoms with Crippen molar-refractivity contribution in [3.05, 3.63) is 102 Å². The van der Waals surface area contributed by atoms with Gasteiger partial charge in [0.1, 0.15) is 0 Å². The van der Waals surface area contributed by atoms with E-state index in [9.17, 15) is 0 Å². The monoisotopic (exact) mass is 327 g/mol. The zero-order valence-corrected chi connectivity index (χ0v) is 14.6. The van der Waals surface area contributed by atoms with E-state index in [-0.39, 0.29) is 0 Å². The molecule has 0 spiro atoms. The van der Waals surface area contributed by atoms with E-state index in [0.717, 1.165) is 19.3 Å². The largest absolute Gasteiger partial charge is 0.324 e. The molecule has 126 valence electrons. The van der Waals surface area contributed by atoms with Crippen LogP contribution in [-0.4, -0.2) is 4.40 Å². The van der Waals surface area contributed by atoms with E-state index in [0.29, 0.717) is 11.8 Å². The normalized spacial score (nSPS) is 23.0. The van der Waals surface area contributed by atoms with E-state index in [1.54, 1.807) is 5.57 Å². The topological polar surface area (TPSA) is 4.41 Å². The Morgan fingerprint density at radius 3 is 2.80 bits per heavy atom. The van der Waals surface area contributed by atoms with Crippen molar-refractivity contribution in [2.75, 3.05) is 0 Å². The maximum Gasteiger partial charge on any atom is 0.0488 e. The van der Waals surface area contributed by atoms with Crippen LogP contribution in [-0.2, 0) is 0 Å². The van der Waals surface area contributed by atoms with Crippen molar-refractivity contribution >= 4 is 5.52 Å². The number of rotatable bonds is 4. The van der Waals surface area contributed by atoms with Crippen LogP contribution < -0.4 is 0 Å². The highest BCUT2D eigenvalue weighted by Gasteiger charge is 2.30. The van der Waals surface area contributed by atoms with Gasteiger partial charge in [-0.05, 0) is 60.9 Å².